The molecule has 0 bridgehead atoms. The highest BCUT2D eigenvalue weighted by Gasteiger charge is 2.36. The number of aryl methyl sites for hydroxylation is 2. The first-order chi connectivity index (χ1) is 11.9. The predicted molar refractivity (Wildman–Crippen MR) is 85.5 cm³/mol. The van der Waals surface area contributed by atoms with Gasteiger partial charge < -0.3 is 10.8 Å². The first kappa shape index (κ1) is 19.8. The van der Waals surface area contributed by atoms with Crippen LogP contribution in [0.2, 0.25) is 0 Å². The molecule has 8 heteroatoms. The van der Waals surface area contributed by atoms with E-state index in [0.29, 0.717) is 22.8 Å². The van der Waals surface area contributed by atoms with Gasteiger partial charge in [-0.05, 0) is 60.4 Å². The molecule has 0 aliphatic rings. The van der Waals surface area contributed by atoms with Crippen molar-refractivity contribution in [3.05, 3.63) is 58.2 Å². The van der Waals surface area contributed by atoms with Crippen LogP contribution in [0.15, 0.2) is 24.3 Å². The number of rotatable bonds is 4. The Kier molecular flexibility index (Phi) is 5.36. The molecule has 0 saturated heterocycles. The number of alkyl halides is 3. The highest BCUT2D eigenvalue weighted by atomic mass is 19.4. The molecule has 3 N–H and O–H groups in total. The molecule has 1 atom stereocenters. The molecule has 0 fully saturated rings. The van der Waals surface area contributed by atoms with Crippen molar-refractivity contribution in [3.63, 3.8) is 0 Å². The third kappa shape index (κ3) is 4.01. The first-order valence-electron chi connectivity index (χ1n) is 7.57. The highest BCUT2D eigenvalue weighted by Crippen LogP contribution is 2.39. The number of carboxylic acids is 1. The van der Waals surface area contributed by atoms with Crippen LogP contribution in [-0.2, 0) is 11.0 Å². The Hall–Kier alpha value is -2.48. The minimum absolute atomic E-state index is 0.00966. The van der Waals surface area contributed by atoms with Crippen molar-refractivity contribution in [2.24, 2.45) is 5.73 Å². The summed E-state index contributed by atoms with van der Waals surface area (Å²) in [5.41, 5.74) is 4.52. The number of benzene rings is 2. The van der Waals surface area contributed by atoms with Gasteiger partial charge in [-0.15, -0.1) is 0 Å². The quantitative estimate of drug-likeness (QED) is 0.761. The van der Waals surface area contributed by atoms with Crippen LogP contribution in [0.1, 0.15) is 34.7 Å². The summed E-state index contributed by atoms with van der Waals surface area (Å²) in [6, 6.07) is 2.55. The zero-order valence-corrected chi connectivity index (χ0v) is 13.9. The van der Waals surface area contributed by atoms with E-state index in [1.54, 1.807) is 0 Å². The topological polar surface area (TPSA) is 63.3 Å². The van der Waals surface area contributed by atoms with Crippen LogP contribution >= 0.6 is 0 Å². The van der Waals surface area contributed by atoms with E-state index in [1.165, 1.54) is 13.8 Å². The Labute approximate surface area is 146 Å². The second kappa shape index (κ2) is 7.03. The van der Waals surface area contributed by atoms with Crippen LogP contribution in [-0.4, -0.2) is 11.1 Å². The van der Waals surface area contributed by atoms with E-state index in [-0.39, 0.29) is 5.56 Å². The maximum absolute atomic E-state index is 14.4. The number of nitrogens with two attached hydrogens (primary N) is 1. The Morgan fingerprint density at radius 3 is 2.12 bits per heavy atom. The normalized spacial score (nSPS) is 12.9. The van der Waals surface area contributed by atoms with Gasteiger partial charge in [0.25, 0.3) is 0 Å². The smallest absolute Gasteiger partial charge is 0.419 e. The van der Waals surface area contributed by atoms with Crippen LogP contribution < -0.4 is 5.73 Å². The van der Waals surface area contributed by atoms with Crippen LogP contribution in [0.5, 0.6) is 0 Å². The second-order valence-corrected chi connectivity index (χ2v) is 6.04. The maximum atomic E-state index is 14.4. The molecule has 0 unspecified atom stereocenters. The molecule has 0 radical (unpaired) electrons. The summed E-state index contributed by atoms with van der Waals surface area (Å²) in [7, 11) is 0. The molecule has 0 aliphatic heterocycles. The van der Waals surface area contributed by atoms with Crippen molar-refractivity contribution in [2.45, 2.75) is 32.5 Å². The van der Waals surface area contributed by atoms with Gasteiger partial charge in [0.15, 0.2) is 0 Å². The second-order valence-electron chi connectivity index (χ2n) is 6.04. The first-order valence-corrected chi connectivity index (χ1v) is 7.57. The van der Waals surface area contributed by atoms with Crippen LogP contribution in [0.4, 0.5) is 22.0 Å². The zero-order chi connectivity index (χ0) is 19.8. The number of carbonyl (C=O) groups is 1. The summed E-state index contributed by atoms with van der Waals surface area (Å²) >= 11 is 0. The third-order valence-electron chi connectivity index (χ3n) is 3.99. The minimum Gasteiger partial charge on any atom is -0.481 e. The van der Waals surface area contributed by atoms with Crippen LogP contribution in [0.3, 0.4) is 0 Å². The van der Waals surface area contributed by atoms with E-state index in [9.17, 15) is 26.7 Å². The number of aliphatic carboxylic acids is 1. The van der Waals surface area contributed by atoms with Gasteiger partial charge >= 0.3 is 12.1 Å². The number of hydrogen-bond donors (Lipinski definition) is 2. The number of halogens is 5. The fourth-order valence-electron chi connectivity index (χ4n) is 2.93. The summed E-state index contributed by atoms with van der Waals surface area (Å²) in [6.07, 6.45) is -5.74. The van der Waals surface area contributed by atoms with E-state index in [1.807, 2.05) is 0 Å². The molecule has 0 spiro atoms. The molecule has 0 saturated carbocycles. The van der Waals surface area contributed by atoms with Gasteiger partial charge in [-0.3, -0.25) is 4.79 Å². The Balaban J connectivity index is 2.77. The molecule has 26 heavy (non-hydrogen) atoms. The van der Waals surface area contributed by atoms with Crippen molar-refractivity contribution in [1.82, 2.24) is 0 Å². The van der Waals surface area contributed by atoms with Crippen molar-refractivity contribution in [3.8, 4) is 11.1 Å². The number of hydrogen-bond acceptors (Lipinski definition) is 2. The fourth-order valence-corrected chi connectivity index (χ4v) is 2.93. The van der Waals surface area contributed by atoms with Gasteiger partial charge in [-0.1, -0.05) is 0 Å². The SMILES string of the molecule is Cc1cc(F)cc(C)c1-c1cc([C@@H](N)CC(=O)O)c(F)c(C(F)(F)F)c1. The molecule has 2 rings (SSSR count). The van der Waals surface area contributed by atoms with Gasteiger partial charge in [0.05, 0.1) is 12.0 Å². The van der Waals surface area contributed by atoms with E-state index in [0.717, 1.165) is 18.2 Å². The van der Waals surface area contributed by atoms with E-state index in [2.05, 4.69) is 0 Å². The summed E-state index contributed by atoms with van der Waals surface area (Å²) in [5.74, 6) is -3.53. The summed E-state index contributed by atoms with van der Waals surface area (Å²) in [6.45, 7) is 3.03. The molecule has 0 aliphatic carbocycles. The molecule has 2 aromatic carbocycles. The van der Waals surface area contributed by atoms with E-state index in [4.69, 9.17) is 10.8 Å². The van der Waals surface area contributed by atoms with E-state index < -0.39 is 47.4 Å². The van der Waals surface area contributed by atoms with Gasteiger partial charge in [0.2, 0.25) is 0 Å². The van der Waals surface area contributed by atoms with Gasteiger partial charge in [-0.25, -0.2) is 8.78 Å². The summed E-state index contributed by atoms with van der Waals surface area (Å²) in [5, 5.41) is 8.80. The lowest BCUT2D eigenvalue weighted by atomic mass is 9.90. The van der Waals surface area contributed by atoms with Crippen molar-refractivity contribution in [2.75, 3.05) is 0 Å². The lowest BCUT2D eigenvalue weighted by molar-refractivity contribution is -0.140. The maximum Gasteiger partial charge on any atom is 0.419 e. The zero-order valence-electron chi connectivity index (χ0n) is 13.9. The summed E-state index contributed by atoms with van der Waals surface area (Å²) < 4.78 is 67.6. The number of carboxylic acid groups (broad SMARTS) is 1. The molecule has 0 heterocycles. The van der Waals surface area contributed by atoms with Crippen LogP contribution in [0, 0.1) is 25.5 Å². The summed E-state index contributed by atoms with van der Waals surface area (Å²) in [4.78, 5) is 10.8. The average molecular weight is 373 g/mol. The molecule has 2 aromatic rings. The molecule has 140 valence electrons. The predicted octanol–water partition coefficient (Wildman–Crippen LogP) is 4.74. The molecule has 0 aromatic heterocycles. The average Bonchev–Trinajstić information content (AvgIpc) is 2.45. The largest absolute Gasteiger partial charge is 0.481 e. The Bertz CT molecular complexity index is 838. The van der Waals surface area contributed by atoms with E-state index >= 15 is 0 Å². The van der Waals surface area contributed by atoms with Gasteiger partial charge in [0, 0.05) is 11.6 Å². The lowest BCUT2D eigenvalue weighted by Gasteiger charge is -2.19. The fraction of sp³-hybridized carbons (Fsp3) is 0.278. The Morgan fingerprint density at radius 1 is 1.12 bits per heavy atom. The van der Waals surface area contributed by atoms with Gasteiger partial charge in [0.1, 0.15) is 11.6 Å². The standard InChI is InChI=1S/C18H16F5NO2/c1-8-3-11(19)4-9(2)16(8)10-5-12(14(24)7-15(25)26)17(20)13(6-10)18(21,22)23/h3-6,14H,7,24H2,1-2H3,(H,25,26)/t14-/m0/s1. The van der Waals surface area contributed by atoms with Gasteiger partial charge in [-0.2, -0.15) is 13.2 Å². The van der Waals surface area contributed by atoms with Crippen molar-refractivity contribution < 1.29 is 31.9 Å². The van der Waals surface area contributed by atoms with Crippen LogP contribution in [0.25, 0.3) is 11.1 Å². The molecular weight excluding hydrogens is 357 g/mol. The molecular formula is C18H16F5NO2. The monoisotopic (exact) mass is 373 g/mol. The molecule has 3 nitrogen and oxygen atoms in total. The van der Waals surface area contributed by atoms with Crippen molar-refractivity contribution >= 4 is 5.97 Å². The Morgan fingerprint density at radius 2 is 1.65 bits per heavy atom. The third-order valence-corrected chi connectivity index (χ3v) is 3.99. The minimum atomic E-state index is -5.00. The lowest BCUT2D eigenvalue weighted by Crippen LogP contribution is -2.19. The molecule has 0 amide bonds. The van der Waals surface area contributed by atoms with Crippen molar-refractivity contribution in [1.29, 1.82) is 0 Å². The highest BCUT2D eigenvalue weighted by molar-refractivity contribution is 5.73.